The summed E-state index contributed by atoms with van der Waals surface area (Å²) in [5, 5.41) is 2.93. The SMILES string of the molecule is O=C(NCCCCOc1ccc(F)cc1)C1CCN(S(=O)(=O)c2ccccc2)CC1. The van der Waals surface area contributed by atoms with Gasteiger partial charge in [0.1, 0.15) is 11.6 Å². The van der Waals surface area contributed by atoms with E-state index in [-0.39, 0.29) is 22.5 Å². The van der Waals surface area contributed by atoms with Gasteiger partial charge in [-0.05, 0) is 62.1 Å². The third-order valence-corrected chi connectivity index (χ3v) is 7.07. The van der Waals surface area contributed by atoms with Crippen molar-refractivity contribution in [3.05, 3.63) is 60.4 Å². The van der Waals surface area contributed by atoms with Crippen LogP contribution in [0, 0.1) is 11.7 Å². The number of hydrogen-bond acceptors (Lipinski definition) is 4. The van der Waals surface area contributed by atoms with Crippen LogP contribution in [-0.4, -0.2) is 44.9 Å². The molecule has 0 bridgehead atoms. The molecule has 0 spiro atoms. The second kappa shape index (κ2) is 10.5. The van der Waals surface area contributed by atoms with E-state index in [1.54, 1.807) is 42.5 Å². The molecule has 2 aromatic rings. The number of rotatable bonds is 9. The molecule has 6 nitrogen and oxygen atoms in total. The second-order valence-corrected chi connectivity index (χ2v) is 9.23. The van der Waals surface area contributed by atoms with Crippen LogP contribution in [-0.2, 0) is 14.8 Å². The van der Waals surface area contributed by atoms with Gasteiger partial charge in [-0.2, -0.15) is 4.31 Å². The smallest absolute Gasteiger partial charge is 0.243 e. The fourth-order valence-corrected chi connectivity index (χ4v) is 4.89. The topological polar surface area (TPSA) is 75.7 Å². The van der Waals surface area contributed by atoms with E-state index in [4.69, 9.17) is 4.74 Å². The maximum absolute atomic E-state index is 12.8. The monoisotopic (exact) mass is 434 g/mol. The van der Waals surface area contributed by atoms with Crippen LogP contribution < -0.4 is 10.1 Å². The Hall–Kier alpha value is -2.45. The van der Waals surface area contributed by atoms with Crippen LogP contribution in [0.15, 0.2) is 59.5 Å². The van der Waals surface area contributed by atoms with Gasteiger partial charge in [-0.25, -0.2) is 12.8 Å². The zero-order chi connectivity index (χ0) is 21.4. The molecule has 8 heteroatoms. The van der Waals surface area contributed by atoms with Gasteiger partial charge in [-0.3, -0.25) is 4.79 Å². The summed E-state index contributed by atoms with van der Waals surface area (Å²) in [5.41, 5.74) is 0. The third kappa shape index (κ3) is 6.03. The van der Waals surface area contributed by atoms with E-state index in [0.717, 1.165) is 12.8 Å². The van der Waals surface area contributed by atoms with Crippen LogP contribution in [0.3, 0.4) is 0 Å². The van der Waals surface area contributed by atoms with Crippen molar-refractivity contribution < 1.29 is 22.3 Å². The van der Waals surface area contributed by atoms with Crippen molar-refractivity contribution in [3.8, 4) is 5.75 Å². The molecule has 0 atom stereocenters. The minimum atomic E-state index is -3.50. The first-order valence-corrected chi connectivity index (χ1v) is 11.6. The number of piperidine rings is 1. The second-order valence-electron chi connectivity index (χ2n) is 7.29. The van der Waals surface area contributed by atoms with Gasteiger partial charge >= 0.3 is 0 Å². The molecule has 0 saturated carbocycles. The molecule has 1 fully saturated rings. The Morgan fingerprint density at radius 2 is 1.70 bits per heavy atom. The molecular formula is C22H27FN2O4S. The molecule has 1 heterocycles. The number of hydrogen-bond donors (Lipinski definition) is 1. The fourth-order valence-electron chi connectivity index (χ4n) is 3.40. The summed E-state index contributed by atoms with van der Waals surface area (Å²) >= 11 is 0. The number of ether oxygens (including phenoxy) is 1. The third-order valence-electron chi connectivity index (χ3n) is 5.16. The lowest BCUT2D eigenvalue weighted by Crippen LogP contribution is -2.43. The predicted molar refractivity (Wildman–Crippen MR) is 112 cm³/mol. The first-order valence-electron chi connectivity index (χ1n) is 10.2. The van der Waals surface area contributed by atoms with Gasteiger partial charge < -0.3 is 10.1 Å². The predicted octanol–water partition coefficient (Wildman–Crippen LogP) is 3.20. The maximum Gasteiger partial charge on any atom is 0.243 e. The molecule has 3 rings (SSSR count). The lowest BCUT2D eigenvalue weighted by molar-refractivity contribution is -0.126. The first-order chi connectivity index (χ1) is 14.5. The van der Waals surface area contributed by atoms with Crippen LogP contribution in [0.2, 0.25) is 0 Å². The van der Waals surface area contributed by atoms with E-state index < -0.39 is 10.0 Å². The number of sulfonamides is 1. The lowest BCUT2D eigenvalue weighted by Gasteiger charge is -2.30. The summed E-state index contributed by atoms with van der Waals surface area (Å²) in [6, 6.07) is 14.3. The summed E-state index contributed by atoms with van der Waals surface area (Å²) in [4.78, 5) is 12.7. The highest BCUT2D eigenvalue weighted by atomic mass is 32.2. The molecule has 0 radical (unpaired) electrons. The van der Waals surface area contributed by atoms with Gasteiger partial charge in [0, 0.05) is 25.6 Å². The van der Waals surface area contributed by atoms with Crippen LogP contribution in [0.1, 0.15) is 25.7 Å². The Labute approximate surface area is 177 Å². The number of unbranched alkanes of at least 4 members (excludes halogenated alkanes) is 1. The Morgan fingerprint density at radius 1 is 1.03 bits per heavy atom. The van der Waals surface area contributed by atoms with Gasteiger partial charge in [0.15, 0.2) is 0 Å². The summed E-state index contributed by atoms with van der Waals surface area (Å²) in [7, 11) is -3.50. The highest BCUT2D eigenvalue weighted by Gasteiger charge is 2.31. The largest absolute Gasteiger partial charge is 0.494 e. The number of benzene rings is 2. The zero-order valence-electron chi connectivity index (χ0n) is 16.8. The highest BCUT2D eigenvalue weighted by Crippen LogP contribution is 2.23. The molecule has 162 valence electrons. The average molecular weight is 435 g/mol. The molecule has 1 aliphatic heterocycles. The molecular weight excluding hydrogens is 407 g/mol. The molecule has 1 saturated heterocycles. The molecule has 0 unspecified atom stereocenters. The number of carbonyl (C=O) groups excluding carboxylic acids is 1. The Bertz CT molecular complexity index is 912. The minimum Gasteiger partial charge on any atom is -0.494 e. The van der Waals surface area contributed by atoms with Crippen molar-refractivity contribution in [2.24, 2.45) is 5.92 Å². The van der Waals surface area contributed by atoms with Crippen molar-refractivity contribution in [1.29, 1.82) is 0 Å². The van der Waals surface area contributed by atoms with E-state index in [2.05, 4.69) is 5.32 Å². The standard InChI is InChI=1S/C22H27FN2O4S/c23-19-8-10-20(11-9-19)29-17-5-4-14-24-22(26)18-12-15-25(16-13-18)30(27,28)21-6-2-1-3-7-21/h1-3,6-11,18H,4-5,12-17H2,(H,24,26). The van der Waals surface area contributed by atoms with Crippen LogP contribution in [0.4, 0.5) is 4.39 Å². The van der Waals surface area contributed by atoms with E-state index >= 15 is 0 Å². The van der Waals surface area contributed by atoms with Crippen molar-refractivity contribution in [2.75, 3.05) is 26.2 Å². The van der Waals surface area contributed by atoms with Crippen LogP contribution in [0.25, 0.3) is 0 Å². The summed E-state index contributed by atoms with van der Waals surface area (Å²) in [6.07, 6.45) is 2.58. The van der Waals surface area contributed by atoms with Crippen molar-refractivity contribution in [3.63, 3.8) is 0 Å². The number of nitrogens with one attached hydrogen (secondary N) is 1. The molecule has 30 heavy (non-hydrogen) atoms. The Balaban J connectivity index is 1.33. The number of halogens is 1. The highest BCUT2D eigenvalue weighted by molar-refractivity contribution is 7.89. The van der Waals surface area contributed by atoms with E-state index in [1.165, 1.54) is 16.4 Å². The van der Waals surface area contributed by atoms with Crippen molar-refractivity contribution in [1.82, 2.24) is 9.62 Å². The number of nitrogens with zero attached hydrogens (tertiary/aromatic N) is 1. The fraction of sp³-hybridized carbons (Fsp3) is 0.409. The van der Waals surface area contributed by atoms with Gasteiger partial charge in [0.25, 0.3) is 0 Å². The van der Waals surface area contributed by atoms with E-state index in [1.807, 2.05) is 0 Å². The van der Waals surface area contributed by atoms with E-state index in [0.29, 0.717) is 44.8 Å². The summed E-state index contributed by atoms with van der Waals surface area (Å²) < 4.78 is 45.1. The van der Waals surface area contributed by atoms with Gasteiger partial charge in [-0.1, -0.05) is 18.2 Å². The van der Waals surface area contributed by atoms with Gasteiger partial charge in [-0.15, -0.1) is 0 Å². The average Bonchev–Trinajstić information content (AvgIpc) is 2.78. The van der Waals surface area contributed by atoms with E-state index in [9.17, 15) is 17.6 Å². The zero-order valence-corrected chi connectivity index (χ0v) is 17.6. The Kier molecular flexibility index (Phi) is 7.81. The molecule has 0 aliphatic carbocycles. The molecule has 1 N–H and O–H groups in total. The number of amides is 1. The van der Waals surface area contributed by atoms with Gasteiger partial charge in [0.05, 0.1) is 11.5 Å². The van der Waals surface area contributed by atoms with Crippen LogP contribution in [0.5, 0.6) is 5.75 Å². The van der Waals surface area contributed by atoms with Crippen LogP contribution >= 0.6 is 0 Å². The molecule has 1 amide bonds. The normalized spacial score (nSPS) is 15.6. The number of carbonyl (C=O) groups is 1. The summed E-state index contributed by atoms with van der Waals surface area (Å²) in [5.74, 6) is 0.139. The summed E-state index contributed by atoms with van der Waals surface area (Å²) in [6.45, 7) is 1.74. The van der Waals surface area contributed by atoms with Gasteiger partial charge in [0.2, 0.25) is 15.9 Å². The lowest BCUT2D eigenvalue weighted by atomic mass is 9.97. The maximum atomic E-state index is 12.8. The first kappa shape index (κ1) is 22.2. The Morgan fingerprint density at radius 3 is 2.37 bits per heavy atom. The molecule has 1 aliphatic rings. The minimum absolute atomic E-state index is 0.0220. The molecule has 2 aromatic carbocycles. The van der Waals surface area contributed by atoms with Crippen molar-refractivity contribution in [2.45, 2.75) is 30.6 Å². The van der Waals surface area contributed by atoms with Crippen molar-refractivity contribution >= 4 is 15.9 Å². The molecule has 0 aromatic heterocycles. The quantitative estimate of drug-likeness (QED) is 0.615.